The van der Waals surface area contributed by atoms with Crippen LogP contribution in [0.4, 0.5) is 4.79 Å². The normalized spacial score (nSPS) is 17.4. The van der Waals surface area contributed by atoms with Crippen molar-refractivity contribution in [1.29, 1.82) is 0 Å². The van der Waals surface area contributed by atoms with Crippen molar-refractivity contribution in [3.8, 4) is 0 Å². The maximum atomic E-state index is 12.0. The van der Waals surface area contributed by atoms with Crippen LogP contribution in [0.5, 0.6) is 0 Å². The predicted octanol–water partition coefficient (Wildman–Crippen LogP) is 3.98. The number of hydrogen-bond donors (Lipinski definition) is 0. The summed E-state index contributed by atoms with van der Waals surface area (Å²) in [6, 6.07) is 2.25. The molecule has 0 saturated carbocycles. The highest BCUT2D eigenvalue weighted by Crippen LogP contribution is 2.28. The lowest BCUT2D eigenvalue weighted by molar-refractivity contribution is 0.0184. The fourth-order valence-electron chi connectivity index (χ4n) is 2.22. The molecule has 112 valence electrons. The van der Waals surface area contributed by atoms with Crippen molar-refractivity contribution < 1.29 is 9.53 Å². The molecule has 0 unspecified atom stereocenters. The average Bonchev–Trinajstić information content (AvgIpc) is 2.66. The van der Waals surface area contributed by atoms with E-state index in [-0.39, 0.29) is 6.09 Å². The molecular formula is C13H19Br2N3O2. The van der Waals surface area contributed by atoms with Gasteiger partial charge in [0.15, 0.2) is 0 Å². The van der Waals surface area contributed by atoms with Gasteiger partial charge < -0.3 is 9.64 Å². The molecule has 1 aliphatic rings. The van der Waals surface area contributed by atoms with Crippen molar-refractivity contribution in [2.45, 2.75) is 45.3 Å². The third kappa shape index (κ3) is 3.97. The molecule has 1 fully saturated rings. The summed E-state index contributed by atoms with van der Waals surface area (Å²) in [5.74, 6) is 0. The van der Waals surface area contributed by atoms with Gasteiger partial charge in [0.25, 0.3) is 0 Å². The van der Waals surface area contributed by atoms with Crippen molar-refractivity contribution in [2.75, 3.05) is 13.1 Å². The summed E-state index contributed by atoms with van der Waals surface area (Å²) >= 11 is 6.87. The lowest BCUT2D eigenvalue weighted by Crippen LogP contribution is -2.42. The first kappa shape index (κ1) is 15.8. The van der Waals surface area contributed by atoms with Gasteiger partial charge in [0.05, 0.1) is 6.04 Å². The summed E-state index contributed by atoms with van der Waals surface area (Å²) in [6.45, 7) is 7.05. The summed E-state index contributed by atoms with van der Waals surface area (Å²) in [5, 5.41) is 4.41. The summed E-state index contributed by atoms with van der Waals surface area (Å²) in [7, 11) is 0. The van der Waals surface area contributed by atoms with E-state index in [0.717, 1.165) is 22.0 Å². The van der Waals surface area contributed by atoms with E-state index in [2.05, 4.69) is 37.0 Å². The molecular weight excluding hydrogens is 390 g/mol. The van der Waals surface area contributed by atoms with Crippen molar-refractivity contribution in [1.82, 2.24) is 14.7 Å². The smallest absolute Gasteiger partial charge is 0.410 e. The third-order valence-corrected chi connectivity index (χ3v) is 4.10. The Kier molecular flexibility index (Phi) is 4.79. The van der Waals surface area contributed by atoms with Crippen LogP contribution < -0.4 is 0 Å². The van der Waals surface area contributed by atoms with E-state index >= 15 is 0 Å². The maximum absolute atomic E-state index is 12.0. The Bertz CT molecular complexity index is 488. The second kappa shape index (κ2) is 6.05. The van der Waals surface area contributed by atoms with Crippen LogP contribution in [0.2, 0.25) is 0 Å². The van der Waals surface area contributed by atoms with Crippen molar-refractivity contribution >= 4 is 38.0 Å². The van der Waals surface area contributed by atoms with Crippen molar-refractivity contribution in [3.05, 3.63) is 15.3 Å². The number of piperidine rings is 1. The summed E-state index contributed by atoms with van der Waals surface area (Å²) < 4.78 is 9.14. The summed E-state index contributed by atoms with van der Waals surface area (Å²) in [5.41, 5.74) is -0.441. The molecule has 0 bridgehead atoms. The molecule has 7 heteroatoms. The Balaban J connectivity index is 1.92. The molecule has 1 aromatic rings. The fraction of sp³-hybridized carbons (Fsp3) is 0.692. The number of aromatic nitrogens is 2. The van der Waals surface area contributed by atoms with E-state index in [1.807, 2.05) is 31.5 Å². The number of rotatable bonds is 1. The molecule has 0 aromatic carbocycles. The van der Waals surface area contributed by atoms with Gasteiger partial charge in [0.2, 0.25) is 0 Å². The summed E-state index contributed by atoms with van der Waals surface area (Å²) in [6.07, 6.45) is 1.54. The molecule has 2 rings (SSSR count). The number of nitrogens with zero attached hydrogens (tertiary/aromatic N) is 3. The summed E-state index contributed by atoms with van der Waals surface area (Å²) in [4.78, 5) is 13.8. The van der Waals surface area contributed by atoms with Crippen LogP contribution in [0.3, 0.4) is 0 Å². The maximum Gasteiger partial charge on any atom is 0.410 e. The number of likely N-dealkylation sites (tertiary alicyclic amines) is 1. The molecule has 0 N–H and O–H groups in total. The van der Waals surface area contributed by atoms with Gasteiger partial charge in [-0.2, -0.15) is 5.10 Å². The van der Waals surface area contributed by atoms with Crippen LogP contribution in [-0.4, -0.2) is 39.5 Å². The fourth-order valence-corrected chi connectivity index (χ4v) is 3.50. The number of ether oxygens (including phenoxy) is 1. The quantitative estimate of drug-likeness (QED) is 0.705. The van der Waals surface area contributed by atoms with Crippen LogP contribution in [0.25, 0.3) is 0 Å². The van der Waals surface area contributed by atoms with Crippen LogP contribution >= 0.6 is 31.9 Å². The predicted molar refractivity (Wildman–Crippen MR) is 83.7 cm³/mol. The van der Waals surface area contributed by atoms with Crippen molar-refractivity contribution in [3.63, 3.8) is 0 Å². The molecule has 0 aliphatic carbocycles. The standard InChI is InChI=1S/C13H19Br2N3O2/c1-13(2,3)20-12(19)17-6-4-9(5-7-17)18-11(15)8-10(14)16-18/h8-9H,4-7H2,1-3H3. The van der Waals surface area contributed by atoms with E-state index in [0.29, 0.717) is 19.1 Å². The zero-order valence-electron chi connectivity index (χ0n) is 11.9. The number of carbonyl (C=O) groups is 1. The number of halogens is 2. The molecule has 0 radical (unpaired) electrons. The topological polar surface area (TPSA) is 47.4 Å². The van der Waals surface area contributed by atoms with E-state index in [9.17, 15) is 4.79 Å². The Morgan fingerprint density at radius 3 is 2.40 bits per heavy atom. The monoisotopic (exact) mass is 407 g/mol. The molecule has 20 heavy (non-hydrogen) atoms. The lowest BCUT2D eigenvalue weighted by Gasteiger charge is -2.33. The molecule has 1 aromatic heterocycles. The number of carbonyl (C=O) groups excluding carboxylic acids is 1. The number of amides is 1. The molecule has 0 atom stereocenters. The van der Waals surface area contributed by atoms with Gasteiger partial charge in [-0.25, -0.2) is 4.79 Å². The highest BCUT2D eigenvalue weighted by atomic mass is 79.9. The molecule has 1 saturated heterocycles. The van der Waals surface area contributed by atoms with Gasteiger partial charge >= 0.3 is 6.09 Å². The molecule has 1 amide bonds. The lowest BCUT2D eigenvalue weighted by atomic mass is 10.1. The zero-order valence-corrected chi connectivity index (χ0v) is 15.1. The Morgan fingerprint density at radius 1 is 1.35 bits per heavy atom. The van der Waals surface area contributed by atoms with E-state index in [4.69, 9.17) is 4.74 Å². The molecule has 0 spiro atoms. The van der Waals surface area contributed by atoms with Crippen LogP contribution in [-0.2, 0) is 4.74 Å². The minimum Gasteiger partial charge on any atom is -0.444 e. The minimum atomic E-state index is -0.441. The van der Waals surface area contributed by atoms with E-state index in [1.54, 1.807) is 4.90 Å². The second-order valence-electron chi connectivity index (χ2n) is 5.93. The third-order valence-electron chi connectivity index (χ3n) is 3.12. The van der Waals surface area contributed by atoms with Crippen LogP contribution in [0.1, 0.15) is 39.7 Å². The van der Waals surface area contributed by atoms with Gasteiger partial charge in [-0.1, -0.05) is 0 Å². The molecule has 1 aliphatic heterocycles. The first-order chi connectivity index (χ1) is 9.26. The first-order valence-electron chi connectivity index (χ1n) is 6.65. The average molecular weight is 409 g/mol. The number of hydrogen-bond acceptors (Lipinski definition) is 3. The Hall–Kier alpha value is -0.560. The highest BCUT2D eigenvalue weighted by molar-refractivity contribution is 9.11. The molecule has 2 heterocycles. The van der Waals surface area contributed by atoms with Gasteiger partial charge in [0.1, 0.15) is 14.8 Å². The highest BCUT2D eigenvalue weighted by Gasteiger charge is 2.28. The largest absolute Gasteiger partial charge is 0.444 e. The van der Waals surface area contributed by atoms with Crippen molar-refractivity contribution in [2.24, 2.45) is 0 Å². The van der Waals surface area contributed by atoms with Gasteiger partial charge in [-0.05, 0) is 65.5 Å². The molecule has 5 nitrogen and oxygen atoms in total. The van der Waals surface area contributed by atoms with Gasteiger partial charge in [-0.3, -0.25) is 4.68 Å². The zero-order chi connectivity index (χ0) is 14.9. The van der Waals surface area contributed by atoms with Gasteiger partial charge in [0, 0.05) is 19.2 Å². The van der Waals surface area contributed by atoms with Crippen LogP contribution in [0, 0.1) is 0 Å². The van der Waals surface area contributed by atoms with E-state index < -0.39 is 5.60 Å². The SMILES string of the molecule is CC(C)(C)OC(=O)N1CCC(n2nc(Br)cc2Br)CC1. The second-order valence-corrected chi connectivity index (χ2v) is 7.56. The van der Waals surface area contributed by atoms with Gasteiger partial charge in [-0.15, -0.1) is 0 Å². The van der Waals surface area contributed by atoms with Crippen LogP contribution in [0.15, 0.2) is 15.3 Å². The Labute approximate surface area is 135 Å². The Morgan fingerprint density at radius 2 is 1.95 bits per heavy atom. The van der Waals surface area contributed by atoms with E-state index in [1.165, 1.54) is 0 Å². The minimum absolute atomic E-state index is 0.225. The first-order valence-corrected chi connectivity index (χ1v) is 8.23.